The fraction of sp³-hybridized carbons (Fsp3) is 0.875. The molecule has 0 aliphatic heterocycles. The Kier molecular flexibility index (Phi) is 9.26. The second-order valence-electron chi connectivity index (χ2n) is 6.75. The lowest BCUT2D eigenvalue weighted by Crippen LogP contribution is -2.25. The molecule has 0 radical (unpaired) electrons. The maximum Gasteiger partial charge on any atom is 0.223 e. The molecule has 0 spiro atoms. The van der Waals surface area contributed by atoms with E-state index in [1.165, 1.54) is 12.8 Å². The van der Waals surface area contributed by atoms with Gasteiger partial charge in [0.15, 0.2) is 0 Å². The van der Waals surface area contributed by atoms with Crippen molar-refractivity contribution in [3.05, 3.63) is 0 Å². The molecular weight excluding hydrogens is 252 g/mol. The van der Waals surface area contributed by atoms with E-state index >= 15 is 0 Å². The van der Waals surface area contributed by atoms with Crippen LogP contribution in [0.25, 0.3) is 0 Å². The van der Waals surface area contributed by atoms with Crippen LogP contribution in [0.1, 0.15) is 67.2 Å². The molecule has 0 rings (SSSR count). The van der Waals surface area contributed by atoms with E-state index in [2.05, 4.69) is 45.1 Å². The van der Waals surface area contributed by atoms with E-state index in [0.717, 1.165) is 24.6 Å². The molecule has 0 atom stereocenters. The van der Waals surface area contributed by atoms with Crippen molar-refractivity contribution in [1.29, 1.82) is 0 Å². The molecule has 0 aromatic carbocycles. The number of rotatable bonds is 9. The van der Waals surface area contributed by atoms with Gasteiger partial charge in [-0.2, -0.15) is 0 Å². The van der Waals surface area contributed by atoms with Crippen LogP contribution in [0.4, 0.5) is 0 Å². The summed E-state index contributed by atoms with van der Waals surface area (Å²) in [5.41, 5.74) is 0.949. The zero-order valence-electron chi connectivity index (χ0n) is 14.1. The van der Waals surface area contributed by atoms with Crippen LogP contribution in [0.2, 0.25) is 0 Å². The molecule has 20 heavy (non-hydrogen) atoms. The Morgan fingerprint density at radius 3 is 2.45 bits per heavy atom. The van der Waals surface area contributed by atoms with Gasteiger partial charge in [-0.05, 0) is 19.3 Å². The van der Waals surface area contributed by atoms with Gasteiger partial charge in [-0.1, -0.05) is 52.6 Å². The van der Waals surface area contributed by atoms with Crippen molar-refractivity contribution < 1.29 is 9.63 Å². The predicted octanol–water partition coefficient (Wildman–Crippen LogP) is 3.76. The van der Waals surface area contributed by atoms with E-state index in [9.17, 15) is 4.79 Å². The highest BCUT2D eigenvalue weighted by Gasteiger charge is 2.14. The fourth-order valence-corrected chi connectivity index (χ4v) is 1.41. The van der Waals surface area contributed by atoms with Crippen LogP contribution < -0.4 is 5.32 Å². The Balaban J connectivity index is 3.60. The van der Waals surface area contributed by atoms with Gasteiger partial charge in [0, 0.05) is 12.0 Å². The smallest absolute Gasteiger partial charge is 0.223 e. The molecule has 0 aliphatic rings. The van der Waals surface area contributed by atoms with Crippen molar-refractivity contribution in [3.8, 4) is 0 Å². The third-order valence-electron chi connectivity index (χ3n) is 3.24. The summed E-state index contributed by atoms with van der Waals surface area (Å²) in [4.78, 5) is 16.7. The molecule has 0 unspecified atom stereocenters. The topological polar surface area (TPSA) is 50.7 Å². The molecule has 0 aromatic heterocycles. The van der Waals surface area contributed by atoms with E-state index in [1.54, 1.807) is 0 Å². The first-order chi connectivity index (χ1) is 9.23. The van der Waals surface area contributed by atoms with Crippen LogP contribution in [0.3, 0.4) is 0 Å². The number of carbonyl (C=O) groups excluding carboxylic acids is 1. The Morgan fingerprint density at radius 1 is 1.25 bits per heavy atom. The third-order valence-corrected chi connectivity index (χ3v) is 3.24. The van der Waals surface area contributed by atoms with E-state index < -0.39 is 0 Å². The molecular formula is C16H32N2O2. The van der Waals surface area contributed by atoms with Crippen LogP contribution in [0, 0.1) is 11.3 Å². The van der Waals surface area contributed by atoms with Gasteiger partial charge >= 0.3 is 0 Å². The minimum Gasteiger partial charge on any atom is -0.395 e. The molecule has 0 fully saturated rings. The molecule has 0 aromatic rings. The summed E-state index contributed by atoms with van der Waals surface area (Å²) < 4.78 is 0. The second-order valence-corrected chi connectivity index (χ2v) is 6.75. The number of hydrogen-bond acceptors (Lipinski definition) is 3. The van der Waals surface area contributed by atoms with Crippen LogP contribution in [-0.4, -0.2) is 24.8 Å². The first-order valence-corrected chi connectivity index (χ1v) is 7.67. The minimum absolute atomic E-state index is 0.0126. The quantitative estimate of drug-likeness (QED) is 0.398. The largest absolute Gasteiger partial charge is 0.395 e. The highest BCUT2D eigenvalue weighted by atomic mass is 16.6. The Morgan fingerprint density at radius 2 is 1.90 bits per heavy atom. The second kappa shape index (κ2) is 9.78. The predicted molar refractivity (Wildman–Crippen MR) is 84.8 cm³/mol. The van der Waals surface area contributed by atoms with E-state index in [1.807, 2.05) is 6.92 Å². The van der Waals surface area contributed by atoms with Gasteiger partial charge in [-0.15, -0.1) is 0 Å². The number of carbonyl (C=O) groups is 1. The number of nitrogens with zero attached hydrogens (tertiary/aromatic N) is 1. The molecule has 4 heteroatoms. The first kappa shape index (κ1) is 18.9. The summed E-state index contributed by atoms with van der Waals surface area (Å²) in [6, 6.07) is 0. The summed E-state index contributed by atoms with van der Waals surface area (Å²) in [7, 11) is 0. The highest BCUT2D eigenvalue weighted by molar-refractivity contribution is 5.86. The lowest BCUT2D eigenvalue weighted by molar-refractivity contribution is -0.122. The number of amides is 1. The fourth-order valence-electron chi connectivity index (χ4n) is 1.41. The zero-order valence-corrected chi connectivity index (χ0v) is 14.1. The molecule has 0 bridgehead atoms. The molecule has 0 saturated carbocycles. The normalized spacial score (nSPS) is 12.7. The summed E-state index contributed by atoms with van der Waals surface area (Å²) in [5, 5.41) is 6.94. The molecule has 118 valence electrons. The average Bonchev–Trinajstić information content (AvgIpc) is 2.32. The van der Waals surface area contributed by atoms with Gasteiger partial charge < -0.3 is 10.2 Å². The van der Waals surface area contributed by atoms with Gasteiger partial charge in [0.1, 0.15) is 6.61 Å². The van der Waals surface area contributed by atoms with Crippen LogP contribution in [0.15, 0.2) is 5.16 Å². The van der Waals surface area contributed by atoms with E-state index in [0.29, 0.717) is 13.0 Å². The molecule has 1 amide bonds. The Labute approximate surface area is 124 Å². The summed E-state index contributed by atoms with van der Waals surface area (Å²) in [6.45, 7) is 13.7. The Hall–Kier alpha value is -1.06. The highest BCUT2D eigenvalue weighted by Crippen LogP contribution is 2.15. The van der Waals surface area contributed by atoms with E-state index in [-0.39, 0.29) is 11.3 Å². The van der Waals surface area contributed by atoms with Crippen molar-refractivity contribution in [3.63, 3.8) is 0 Å². The molecule has 0 aliphatic carbocycles. The van der Waals surface area contributed by atoms with Crippen molar-refractivity contribution in [1.82, 2.24) is 5.32 Å². The van der Waals surface area contributed by atoms with Gasteiger partial charge in [-0.25, -0.2) is 0 Å². The molecule has 4 nitrogen and oxygen atoms in total. The third kappa shape index (κ3) is 10.8. The molecule has 0 saturated heterocycles. The van der Waals surface area contributed by atoms with Gasteiger partial charge in [-0.3, -0.25) is 4.79 Å². The number of hydrogen-bond donors (Lipinski definition) is 1. The molecule has 1 N–H and O–H groups in total. The SMILES string of the molecule is C/C(=N/OCCC(=O)NCCCCC(C)C)C(C)(C)C. The van der Waals surface area contributed by atoms with Crippen LogP contribution in [0.5, 0.6) is 0 Å². The van der Waals surface area contributed by atoms with E-state index in [4.69, 9.17) is 4.84 Å². The van der Waals surface area contributed by atoms with Gasteiger partial charge in [0.05, 0.1) is 12.1 Å². The van der Waals surface area contributed by atoms with Crippen molar-refractivity contribution in [2.45, 2.75) is 67.2 Å². The minimum atomic E-state index is 0.0126. The maximum absolute atomic E-state index is 11.5. The van der Waals surface area contributed by atoms with Crippen LogP contribution >= 0.6 is 0 Å². The maximum atomic E-state index is 11.5. The summed E-state index contributed by atoms with van der Waals surface area (Å²) in [6.07, 6.45) is 3.81. The van der Waals surface area contributed by atoms with Crippen LogP contribution in [-0.2, 0) is 9.63 Å². The summed E-state index contributed by atoms with van der Waals surface area (Å²) >= 11 is 0. The standard InChI is InChI=1S/C16H32N2O2/c1-13(2)9-7-8-11-17-15(19)10-12-20-18-14(3)16(4,5)6/h13H,7-12H2,1-6H3,(H,17,19)/b18-14-. The lowest BCUT2D eigenvalue weighted by Gasteiger charge is -2.16. The number of oxime groups is 1. The first-order valence-electron chi connectivity index (χ1n) is 7.67. The Bertz CT molecular complexity index is 304. The van der Waals surface area contributed by atoms with Gasteiger partial charge in [0.25, 0.3) is 0 Å². The number of nitrogens with one attached hydrogen (secondary N) is 1. The zero-order chi connectivity index (χ0) is 15.6. The van der Waals surface area contributed by atoms with Crippen molar-refractivity contribution >= 4 is 11.6 Å². The molecule has 0 heterocycles. The van der Waals surface area contributed by atoms with Crippen molar-refractivity contribution in [2.75, 3.05) is 13.2 Å². The summed E-state index contributed by atoms with van der Waals surface area (Å²) in [5.74, 6) is 0.779. The number of unbranched alkanes of at least 4 members (excludes halogenated alkanes) is 1. The monoisotopic (exact) mass is 284 g/mol. The van der Waals surface area contributed by atoms with Crippen molar-refractivity contribution in [2.24, 2.45) is 16.5 Å². The lowest BCUT2D eigenvalue weighted by atomic mass is 9.91. The van der Waals surface area contributed by atoms with Gasteiger partial charge in [0.2, 0.25) is 5.91 Å². The average molecular weight is 284 g/mol.